The minimum atomic E-state index is -0.269. The number of Topliss-reactive ketones (excluding diaryl/α,β-unsaturated/α-hetero) is 1. The van der Waals surface area contributed by atoms with E-state index in [0.717, 1.165) is 0 Å². The Morgan fingerprint density at radius 3 is 2.50 bits per heavy atom. The van der Waals surface area contributed by atoms with Crippen molar-refractivity contribution >= 4 is 5.78 Å². The van der Waals surface area contributed by atoms with Gasteiger partial charge in [-0.3, -0.25) is 4.79 Å². The Morgan fingerprint density at radius 1 is 1.22 bits per heavy atom. The van der Waals surface area contributed by atoms with Crippen LogP contribution < -0.4 is 9.47 Å². The van der Waals surface area contributed by atoms with E-state index in [1.165, 1.54) is 6.92 Å². The zero-order valence-corrected chi connectivity index (χ0v) is 10.3. The molecule has 0 saturated carbocycles. The summed E-state index contributed by atoms with van der Waals surface area (Å²) in [5.74, 6) is 1.22. The third-order valence-corrected chi connectivity index (χ3v) is 2.37. The molecule has 0 bridgehead atoms. The molecule has 6 heteroatoms. The third-order valence-electron chi connectivity index (χ3n) is 2.37. The van der Waals surface area contributed by atoms with E-state index in [0.29, 0.717) is 22.9 Å². The first-order valence-corrected chi connectivity index (χ1v) is 5.22. The number of hydrogen-bond acceptors (Lipinski definition) is 6. The van der Waals surface area contributed by atoms with Crippen molar-refractivity contribution in [3.05, 3.63) is 24.1 Å². The van der Waals surface area contributed by atoms with Gasteiger partial charge in [-0.15, -0.1) is 0 Å². The van der Waals surface area contributed by atoms with Crippen LogP contribution in [-0.4, -0.2) is 30.1 Å². The van der Waals surface area contributed by atoms with Gasteiger partial charge in [-0.2, -0.15) is 4.98 Å². The van der Waals surface area contributed by atoms with Gasteiger partial charge in [0.05, 0.1) is 14.2 Å². The van der Waals surface area contributed by atoms with Crippen LogP contribution in [0.15, 0.2) is 22.7 Å². The standard InChI is InChI=1S/C12H12N2O4/c1-7(15)12-13-11(14-18-12)8-4-5-9(16-2)10(6-8)17-3/h4-6H,1-3H3. The molecule has 0 fully saturated rings. The van der Waals surface area contributed by atoms with Gasteiger partial charge in [-0.1, -0.05) is 5.16 Å². The second kappa shape index (κ2) is 4.87. The molecule has 0 N–H and O–H groups in total. The topological polar surface area (TPSA) is 74.5 Å². The number of rotatable bonds is 4. The molecule has 1 heterocycles. The van der Waals surface area contributed by atoms with Crippen molar-refractivity contribution in [3.63, 3.8) is 0 Å². The first kappa shape index (κ1) is 12.1. The van der Waals surface area contributed by atoms with Crippen LogP contribution >= 0.6 is 0 Å². The number of ketones is 1. The third kappa shape index (κ3) is 2.17. The Labute approximate surface area is 104 Å². The zero-order chi connectivity index (χ0) is 13.1. The first-order valence-electron chi connectivity index (χ1n) is 5.22. The van der Waals surface area contributed by atoms with Gasteiger partial charge in [-0.25, -0.2) is 0 Å². The second-order valence-corrected chi connectivity index (χ2v) is 3.55. The summed E-state index contributed by atoms with van der Waals surface area (Å²) in [4.78, 5) is 15.1. The molecular weight excluding hydrogens is 236 g/mol. The molecule has 1 aromatic carbocycles. The highest BCUT2D eigenvalue weighted by atomic mass is 16.5. The number of aromatic nitrogens is 2. The van der Waals surface area contributed by atoms with Crippen LogP contribution in [-0.2, 0) is 0 Å². The maximum Gasteiger partial charge on any atom is 0.294 e. The maximum absolute atomic E-state index is 11.1. The van der Waals surface area contributed by atoms with Gasteiger partial charge in [0.25, 0.3) is 5.89 Å². The molecule has 0 radical (unpaired) electrons. The van der Waals surface area contributed by atoms with E-state index in [4.69, 9.17) is 14.0 Å². The summed E-state index contributed by atoms with van der Waals surface area (Å²) in [5, 5.41) is 3.74. The molecule has 94 valence electrons. The van der Waals surface area contributed by atoms with Crippen molar-refractivity contribution < 1.29 is 18.8 Å². The number of nitrogens with zero attached hydrogens (tertiary/aromatic N) is 2. The van der Waals surface area contributed by atoms with Crippen LogP contribution in [0, 0.1) is 0 Å². The van der Waals surface area contributed by atoms with Crippen LogP contribution in [0.2, 0.25) is 0 Å². The van der Waals surface area contributed by atoms with E-state index in [1.807, 2.05) is 0 Å². The van der Waals surface area contributed by atoms with Gasteiger partial charge in [0, 0.05) is 12.5 Å². The summed E-state index contributed by atoms with van der Waals surface area (Å²) in [6.45, 7) is 1.37. The lowest BCUT2D eigenvalue weighted by molar-refractivity contribution is 0.0972. The molecule has 2 aromatic rings. The Bertz CT molecular complexity index is 577. The number of benzene rings is 1. The molecule has 0 aliphatic heterocycles. The lowest BCUT2D eigenvalue weighted by Crippen LogP contribution is -1.93. The quantitative estimate of drug-likeness (QED) is 0.770. The van der Waals surface area contributed by atoms with Crippen molar-refractivity contribution in [2.24, 2.45) is 0 Å². The molecule has 18 heavy (non-hydrogen) atoms. The molecule has 0 spiro atoms. The first-order chi connectivity index (χ1) is 8.65. The van der Waals surface area contributed by atoms with Gasteiger partial charge >= 0.3 is 0 Å². The fraction of sp³-hybridized carbons (Fsp3) is 0.250. The maximum atomic E-state index is 11.1. The van der Waals surface area contributed by atoms with Gasteiger partial charge in [-0.05, 0) is 18.2 Å². The summed E-state index contributed by atoms with van der Waals surface area (Å²) in [5.41, 5.74) is 0.684. The Balaban J connectivity index is 2.41. The summed E-state index contributed by atoms with van der Waals surface area (Å²) < 4.78 is 15.1. The average molecular weight is 248 g/mol. The predicted octanol–water partition coefficient (Wildman–Crippen LogP) is 1.96. The zero-order valence-electron chi connectivity index (χ0n) is 10.3. The Morgan fingerprint density at radius 2 is 1.94 bits per heavy atom. The van der Waals surface area contributed by atoms with E-state index in [9.17, 15) is 4.79 Å². The normalized spacial score (nSPS) is 10.2. The molecule has 0 aliphatic carbocycles. The highest BCUT2D eigenvalue weighted by Crippen LogP contribution is 2.31. The number of methoxy groups -OCH3 is 2. The number of carbonyl (C=O) groups excluding carboxylic acids is 1. The minimum Gasteiger partial charge on any atom is -0.493 e. The predicted molar refractivity (Wildman–Crippen MR) is 62.8 cm³/mol. The second-order valence-electron chi connectivity index (χ2n) is 3.55. The molecular formula is C12H12N2O4. The SMILES string of the molecule is COc1ccc(-c2noc(C(C)=O)n2)cc1OC. The summed E-state index contributed by atoms with van der Waals surface area (Å²) in [7, 11) is 3.10. The highest BCUT2D eigenvalue weighted by Gasteiger charge is 2.14. The van der Waals surface area contributed by atoms with Crippen molar-refractivity contribution in [1.29, 1.82) is 0 Å². The fourth-order valence-electron chi connectivity index (χ4n) is 1.46. The number of hydrogen-bond donors (Lipinski definition) is 0. The molecule has 0 unspecified atom stereocenters. The van der Waals surface area contributed by atoms with Crippen LogP contribution in [0.3, 0.4) is 0 Å². The molecule has 0 atom stereocenters. The minimum absolute atomic E-state index is 0.0141. The summed E-state index contributed by atoms with van der Waals surface area (Å²) >= 11 is 0. The fourth-order valence-corrected chi connectivity index (χ4v) is 1.46. The van der Waals surface area contributed by atoms with Gasteiger partial charge in [0.2, 0.25) is 11.6 Å². The summed E-state index contributed by atoms with van der Waals surface area (Å²) in [6.07, 6.45) is 0. The largest absolute Gasteiger partial charge is 0.493 e. The van der Waals surface area contributed by atoms with Crippen LogP contribution in [0.1, 0.15) is 17.6 Å². The lowest BCUT2D eigenvalue weighted by atomic mass is 10.2. The van der Waals surface area contributed by atoms with Crippen LogP contribution in [0.25, 0.3) is 11.4 Å². The van der Waals surface area contributed by atoms with E-state index in [1.54, 1.807) is 32.4 Å². The Kier molecular flexibility index (Phi) is 3.27. The van der Waals surface area contributed by atoms with E-state index < -0.39 is 0 Å². The lowest BCUT2D eigenvalue weighted by Gasteiger charge is -2.07. The van der Waals surface area contributed by atoms with E-state index in [2.05, 4.69) is 10.1 Å². The molecule has 0 aliphatic rings. The number of carbonyl (C=O) groups is 1. The van der Waals surface area contributed by atoms with Crippen molar-refractivity contribution in [1.82, 2.24) is 10.1 Å². The van der Waals surface area contributed by atoms with Crippen LogP contribution in [0.5, 0.6) is 11.5 Å². The monoisotopic (exact) mass is 248 g/mol. The van der Waals surface area contributed by atoms with Gasteiger partial charge < -0.3 is 14.0 Å². The molecule has 2 rings (SSSR count). The van der Waals surface area contributed by atoms with Crippen LogP contribution in [0.4, 0.5) is 0 Å². The average Bonchev–Trinajstić information content (AvgIpc) is 2.87. The smallest absolute Gasteiger partial charge is 0.294 e. The van der Waals surface area contributed by atoms with Gasteiger partial charge in [0.15, 0.2) is 11.5 Å². The van der Waals surface area contributed by atoms with E-state index in [-0.39, 0.29) is 11.7 Å². The van der Waals surface area contributed by atoms with Crippen molar-refractivity contribution in [3.8, 4) is 22.9 Å². The molecule has 0 saturated heterocycles. The van der Waals surface area contributed by atoms with E-state index >= 15 is 0 Å². The van der Waals surface area contributed by atoms with Crippen molar-refractivity contribution in [2.75, 3.05) is 14.2 Å². The molecule has 0 amide bonds. The number of ether oxygens (including phenoxy) is 2. The highest BCUT2D eigenvalue weighted by molar-refractivity contribution is 5.89. The summed E-state index contributed by atoms with van der Waals surface area (Å²) in [6, 6.07) is 5.21. The molecule has 6 nitrogen and oxygen atoms in total. The molecule has 1 aromatic heterocycles. The van der Waals surface area contributed by atoms with Crippen molar-refractivity contribution in [2.45, 2.75) is 6.92 Å². The Hall–Kier alpha value is -2.37. The van der Waals surface area contributed by atoms with Gasteiger partial charge in [0.1, 0.15) is 0 Å².